The zero-order chi connectivity index (χ0) is 17.6. The maximum absolute atomic E-state index is 12.4. The highest BCUT2D eigenvalue weighted by molar-refractivity contribution is 6.09. The Morgan fingerprint density at radius 2 is 2.12 bits per heavy atom. The van der Waals surface area contributed by atoms with Gasteiger partial charge >= 0.3 is 6.18 Å². The number of nitrogens with one attached hydrogen (secondary N) is 1. The zero-order valence-corrected chi connectivity index (χ0v) is 13.0. The van der Waals surface area contributed by atoms with E-state index in [2.05, 4.69) is 15.0 Å². The van der Waals surface area contributed by atoms with Crippen molar-refractivity contribution in [1.82, 2.24) is 19.9 Å². The Bertz CT molecular complexity index is 1010. The highest BCUT2D eigenvalue weighted by atomic mass is 19.4. The van der Waals surface area contributed by atoms with Crippen LogP contribution in [-0.4, -0.2) is 45.0 Å². The van der Waals surface area contributed by atoms with Gasteiger partial charge in [0.05, 0.1) is 11.7 Å². The summed E-state index contributed by atoms with van der Waals surface area (Å²) in [6, 6.07) is 3.71. The van der Waals surface area contributed by atoms with Gasteiger partial charge in [-0.15, -0.1) is 0 Å². The van der Waals surface area contributed by atoms with Gasteiger partial charge in [0.1, 0.15) is 6.42 Å². The molecule has 0 unspecified atom stereocenters. The summed E-state index contributed by atoms with van der Waals surface area (Å²) in [5, 5.41) is 1.77. The lowest BCUT2D eigenvalue weighted by atomic mass is 10.0. The standard InChI is InChI=1S/C17H13F3N4O/c18-17(19,20)7-14(25)24-6-3-10(9-24)11-1-4-21-13-8-23-16-12(15(11)13)2-5-22-16/h1-5,8,21H,6-7,9H2. The topological polar surface area (TPSA) is 61.9 Å². The van der Waals surface area contributed by atoms with Crippen LogP contribution < -0.4 is 0 Å². The number of halogens is 3. The molecule has 128 valence electrons. The molecular formula is C17H13F3N4O. The van der Waals surface area contributed by atoms with Crippen molar-refractivity contribution in [3.8, 4) is 0 Å². The third kappa shape index (κ3) is 2.84. The number of nitrogens with zero attached hydrogens (tertiary/aromatic N) is 3. The number of hydrogen-bond acceptors (Lipinski definition) is 3. The number of pyridine rings is 2. The van der Waals surface area contributed by atoms with E-state index in [0.29, 0.717) is 5.65 Å². The smallest absolute Gasteiger partial charge is 0.360 e. The molecule has 0 saturated carbocycles. The monoisotopic (exact) mass is 346 g/mol. The Kier molecular flexibility index (Phi) is 3.48. The molecule has 0 bridgehead atoms. The number of carbonyl (C=O) groups is 1. The molecule has 4 heterocycles. The van der Waals surface area contributed by atoms with E-state index in [1.807, 2.05) is 12.1 Å². The quantitative estimate of drug-likeness (QED) is 0.775. The number of alkyl halides is 3. The summed E-state index contributed by atoms with van der Waals surface area (Å²) >= 11 is 0. The average molecular weight is 346 g/mol. The second-order valence-corrected chi connectivity index (χ2v) is 5.92. The lowest BCUT2D eigenvalue weighted by molar-refractivity contribution is -0.160. The van der Waals surface area contributed by atoms with Crippen molar-refractivity contribution >= 4 is 33.4 Å². The van der Waals surface area contributed by atoms with Crippen molar-refractivity contribution in [2.75, 3.05) is 13.1 Å². The Balaban J connectivity index is 1.69. The highest BCUT2D eigenvalue weighted by Gasteiger charge is 2.34. The lowest BCUT2D eigenvalue weighted by Gasteiger charge is -2.18. The summed E-state index contributed by atoms with van der Waals surface area (Å²) in [7, 11) is 0. The van der Waals surface area contributed by atoms with Gasteiger partial charge in [-0.2, -0.15) is 13.2 Å². The Morgan fingerprint density at radius 1 is 1.28 bits per heavy atom. The molecule has 3 aromatic heterocycles. The molecular weight excluding hydrogens is 333 g/mol. The number of fused-ring (bicyclic) bond motifs is 3. The number of aromatic nitrogens is 3. The van der Waals surface area contributed by atoms with Gasteiger partial charge < -0.3 is 9.88 Å². The minimum absolute atomic E-state index is 0.159. The molecule has 0 aliphatic carbocycles. The maximum atomic E-state index is 12.4. The van der Waals surface area contributed by atoms with E-state index in [1.54, 1.807) is 24.7 Å². The van der Waals surface area contributed by atoms with Crippen LogP contribution in [0.15, 0.2) is 36.8 Å². The normalized spacial score (nSPS) is 15.2. The third-order valence-corrected chi connectivity index (χ3v) is 4.26. The molecule has 3 aromatic rings. The summed E-state index contributed by atoms with van der Waals surface area (Å²) in [5.41, 5.74) is 3.11. The van der Waals surface area contributed by atoms with Crippen LogP contribution >= 0.6 is 0 Å². The van der Waals surface area contributed by atoms with E-state index in [4.69, 9.17) is 0 Å². The maximum Gasteiger partial charge on any atom is 0.397 e. The molecule has 8 heteroatoms. The van der Waals surface area contributed by atoms with Gasteiger partial charge in [0.25, 0.3) is 0 Å². The predicted octanol–water partition coefficient (Wildman–Crippen LogP) is 3.29. The van der Waals surface area contributed by atoms with Crippen LogP contribution in [0.5, 0.6) is 0 Å². The average Bonchev–Trinajstić information content (AvgIpc) is 3.22. The van der Waals surface area contributed by atoms with Crippen LogP contribution in [0.1, 0.15) is 12.0 Å². The summed E-state index contributed by atoms with van der Waals surface area (Å²) < 4.78 is 37.3. The Hall–Kier alpha value is -2.90. The van der Waals surface area contributed by atoms with Gasteiger partial charge in [0.15, 0.2) is 5.65 Å². The first-order valence-corrected chi connectivity index (χ1v) is 7.67. The molecule has 0 atom stereocenters. The van der Waals surface area contributed by atoms with Crippen LogP contribution in [0.25, 0.3) is 27.5 Å². The third-order valence-electron chi connectivity index (χ3n) is 4.26. The van der Waals surface area contributed by atoms with E-state index >= 15 is 0 Å². The fourth-order valence-electron chi connectivity index (χ4n) is 3.15. The molecule has 0 aromatic carbocycles. The molecule has 1 N–H and O–H groups in total. The summed E-state index contributed by atoms with van der Waals surface area (Å²) in [6.07, 6.45) is 0.964. The number of rotatable bonds is 2. The van der Waals surface area contributed by atoms with E-state index in [1.165, 1.54) is 4.90 Å². The number of H-pyrrole nitrogens is 1. The molecule has 0 fully saturated rings. The highest BCUT2D eigenvalue weighted by Crippen LogP contribution is 2.32. The van der Waals surface area contributed by atoms with Crippen molar-refractivity contribution in [2.24, 2.45) is 0 Å². The van der Waals surface area contributed by atoms with E-state index in [0.717, 1.165) is 27.4 Å². The molecule has 4 rings (SSSR count). The van der Waals surface area contributed by atoms with Gasteiger partial charge in [-0.05, 0) is 23.3 Å². The Morgan fingerprint density at radius 3 is 2.92 bits per heavy atom. The van der Waals surface area contributed by atoms with E-state index in [9.17, 15) is 18.0 Å². The van der Waals surface area contributed by atoms with Crippen LogP contribution in [0.3, 0.4) is 0 Å². The van der Waals surface area contributed by atoms with Crippen molar-refractivity contribution < 1.29 is 18.0 Å². The SMILES string of the molecule is O=C(CC(F)(F)F)N1CC=C(c2cc[nH]c3cnc4nccc4c23)C1. The first kappa shape index (κ1) is 15.6. The molecule has 0 saturated heterocycles. The van der Waals surface area contributed by atoms with E-state index < -0.39 is 18.5 Å². The zero-order valence-electron chi connectivity index (χ0n) is 13.0. The van der Waals surface area contributed by atoms with Crippen LogP contribution in [-0.2, 0) is 4.79 Å². The van der Waals surface area contributed by atoms with Crippen molar-refractivity contribution in [3.63, 3.8) is 0 Å². The number of hydrogen-bond donors (Lipinski definition) is 1. The van der Waals surface area contributed by atoms with Crippen LogP contribution in [0, 0.1) is 0 Å². The summed E-state index contributed by atoms with van der Waals surface area (Å²) in [4.78, 5) is 24.6. The van der Waals surface area contributed by atoms with Gasteiger partial charge in [-0.1, -0.05) is 6.08 Å². The van der Waals surface area contributed by atoms with E-state index in [-0.39, 0.29) is 13.1 Å². The minimum Gasteiger partial charge on any atom is -0.360 e. The second kappa shape index (κ2) is 5.58. The molecule has 1 aliphatic heterocycles. The molecule has 1 aliphatic rings. The molecule has 25 heavy (non-hydrogen) atoms. The molecule has 1 amide bonds. The molecule has 5 nitrogen and oxygen atoms in total. The van der Waals surface area contributed by atoms with Gasteiger partial charge in [-0.3, -0.25) is 4.79 Å². The van der Waals surface area contributed by atoms with Crippen molar-refractivity contribution in [1.29, 1.82) is 0 Å². The first-order chi connectivity index (χ1) is 11.9. The van der Waals surface area contributed by atoms with Crippen molar-refractivity contribution in [3.05, 3.63) is 42.4 Å². The van der Waals surface area contributed by atoms with Crippen LogP contribution in [0.4, 0.5) is 13.2 Å². The number of carbonyl (C=O) groups excluding carboxylic acids is 1. The fourth-order valence-corrected chi connectivity index (χ4v) is 3.15. The number of amides is 1. The van der Waals surface area contributed by atoms with Gasteiger partial charge in [0.2, 0.25) is 5.91 Å². The summed E-state index contributed by atoms with van der Waals surface area (Å²) in [6.45, 7) is 0.337. The van der Waals surface area contributed by atoms with Gasteiger partial charge in [0, 0.05) is 36.3 Å². The van der Waals surface area contributed by atoms with Crippen LogP contribution in [0.2, 0.25) is 0 Å². The fraction of sp³-hybridized carbons (Fsp3) is 0.235. The Labute approximate surface area is 140 Å². The second-order valence-electron chi connectivity index (χ2n) is 5.92. The lowest BCUT2D eigenvalue weighted by Crippen LogP contribution is -2.32. The molecule has 0 spiro atoms. The first-order valence-electron chi connectivity index (χ1n) is 7.67. The predicted molar refractivity (Wildman–Crippen MR) is 86.6 cm³/mol. The molecule has 0 radical (unpaired) electrons. The van der Waals surface area contributed by atoms with Crippen molar-refractivity contribution in [2.45, 2.75) is 12.6 Å². The largest absolute Gasteiger partial charge is 0.397 e. The van der Waals surface area contributed by atoms with Gasteiger partial charge in [-0.25, -0.2) is 9.97 Å². The minimum atomic E-state index is -4.49. The number of aromatic amines is 1. The summed E-state index contributed by atoms with van der Waals surface area (Å²) in [5.74, 6) is -0.910.